The van der Waals surface area contributed by atoms with Crippen molar-refractivity contribution in [1.29, 1.82) is 5.41 Å². The zero-order valence-corrected chi connectivity index (χ0v) is 18.3. The second-order valence-corrected chi connectivity index (χ2v) is 7.30. The number of aromatic nitrogens is 2. The lowest BCUT2D eigenvalue weighted by atomic mass is 10.2. The van der Waals surface area contributed by atoms with Gasteiger partial charge >= 0.3 is 6.01 Å². The van der Waals surface area contributed by atoms with E-state index in [9.17, 15) is 0 Å². The van der Waals surface area contributed by atoms with Crippen LogP contribution in [0.3, 0.4) is 0 Å². The molecule has 0 radical (unpaired) electrons. The summed E-state index contributed by atoms with van der Waals surface area (Å²) in [6.45, 7) is 5.66. The molecule has 0 aliphatic carbocycles. The van der Waals surface area contributed by atoms with Crippen molar-refractivity contribution in [3.8, 4) is 6.01 Å². The SMILES string of the molecule is Cc1cccc(C=NNc2cc(N3CCOCC3)nc(OCCNC(=N)N(C)C)n2)c1. The second kappa shape index (κ2) is 11.1. The Kier molecular flexibility index (Phi) is 7.99. The molecule has 3 N–H and O–H groups in total. The van der Waals surface area contributed by atoms with Crippen molar-refractivity contribution in [2.24, 2.45) is 5.10 Å². The van der Waals surface area contributed by atoms with Crippen LogP contribution in [-0.4, -0.2) is 80.6 Å². The van der Waals surface area contributed by atoms with E-state index in [0.29, 0.717) is 38.1 Å². The molecule has 3 rings (SSSR count). The third-order valence-corrected chi connectivity index (χ3v) is 4.53. The maximum atomic E-state index is 7.77. The molecule has 1 saturated heterocycles. The van der Waals surface area contributed by atoms with Crippen LogP contribution in [0, 0.1) is 12.3 Å². The quantitative estimate of drug-likeness (QED) is 0.252. The van der Waals surface area contributed by atoms with Crippen LogP contribution in [0.15, 0.2) is 35.4 Å². The molecule has 1 aromatic carbocycles. The molecule has 0 saturated carbocycles. The van der Waals surface area contributed by atoms with Crippen molar-refractivity contribution < 1.29 is 9.47 Å². The van der Waals surface area contributed by atoms with Gasteiger partial charge in [0.05, 0.1) is 26.0 Å². The number of ether oxygens (including phenoxy) is 2. The van der Waals surface area contributed by atoms with Crippen molar-refractivity contribution in [1.82, 2.24) is 20.2 Å². The van der Waals surface area contributed by atoms with Gasteiger partial charge in [0.2, 0.25) is 0 Å². The predicted molar refractivity (Wildman–Crippen MR) is 122 cm³/mol. The van der Waals surface area contributed by atoms with Gasteiger partial charge in [-0.15, -0.1) is 0 Å². The number of anilines is 2. The number of guanidine groups is 1. The van der Waals surface area contributed by atoms with Gasteiger partial charge in [0, 0.05) is 33.3 Å². The topological polar surface area (TPSA) is 111 Å². The first-order chi connectivity index (χ1) is 15.0. The van der Waals surface area contributed by atoms with Crippen molar-refractivity contribution in [2.75, 3.05) is 63.9 Å². The van der Waals surface area contributed by atoms with Crippen LogP contribution in [-0.2, 0) is 4.74 Å². The Labute approximate surface area is 182 Å². The molecule has 1 aliphatic rings. The molecular weight excluding hydrogens is 396 g/mol. The number of nitrogens with one attached hydrogen (secondary N) is 3. The number of nitrogens with zero attached hydrogens (tertiary/aromatic N) is 5. The van der Waals surface area contributed by atoms with Crippen LogP contribution < -0.4 is 20.4 Å². The summed E-state index contributed by atoms with van der Waals surface area (Å²) in [7, 11) is 3.61. The number of hydrogen-bond acceptors (Lipinski definition) is 8. The van der Waals surface area contributed by atoms with E-state index >= 15 is 0 Å². The predicted octanol–water partition coefficient (Wildman–Crippen LogP) is 1.53. The van der Waals surface area contributed by atoms with Gasteiger partial charge in [-0.2, -0.15) is 15.1 Å². The Balaban J connectivity index is 1.67. The summed E-state index contributed by atoms with van der Waals surface area (Å²) in [5.74, 6) is 1.62. The van der Waals surface area contributed by atoms with E-state index in [-0.39, 0.29) is 6.01 Å². The average Bonchev–Trinajstić information content (AvgIpc) is 2.77. The Morgan fingerprint density at radius 2 is 2.10 bits per heavy atom. The summed E-state index contributed by atoms with van der Waals surface area (Å²) in [4.78, 5) is 12.8. The number of morpholine rings is 1. The van der Waals surface area contributed by atoms with Gasteiger partial charge in [-0.05, 0) is 12.5 Å². The first-order valence-corrected chi connectivity index (χ1v) is 10.2. The standard InChI is InChI=1S/C21H30N8O2/c1-16-5-4-6-17(13-16)15-24-27-18-14-19(29-8-11-30-12-9-29)26-21(25-18)31-10-7-23-20(22)28(2)3/h4-6,13-15H,7-12H2,1-3H3,(H2,22,23)(H,25,26,27). The van der Waals surface area contributed by atoms with E-state index in [0.717, 1.165) is 24.5 Å². The van der Waals surface area contributed by atoms with Crippen molar-refractivity contribution in [2.45, 2.75) is 6.92 Å². The first kappa shape index (κ1) is 22.3. The summed E-state index contributed by atoms with van der Waals surface area (Å²) < 4.78 is 11.2. The Morgan fingerprint density at radius 1 is 1.29 bits per heavy atom. The smallest absolute Gasteiger partial charge is 0.320 e. The molecule has 1 aliphatic heterocycles. The molecule has 0 atom stereocenters. The highest BCUT2D eigenvalue weighted by Gasteiger charge is 2.15. The van der Waals surface area contributed by atoms with Gasteiger partial charge in [-0.1, -0.05) is 29.8 Å². The summed E-state index contributed by atoms with van der Waals surface area (Å²) in [5, 5.41) is 15.0. The third kappa shape index (κ3) is 7.10. The minimum atomic E-state index is 0.260. The van der Waals surface area contributed by atoms with Crippen LogP contribution in [0.2, 0.25) is 0 Å². The van der Waals surface area contributed by atoms with Crippen LogP contribution >= 0.6 is 0 Å². The summed E-state index contributed by atoms with van der Waals surface area (Å²) in [5.41, 5.74) is 5.15. The van der Waals surface area contributed by atoms with Crippen LogP contribution in [0.4, 0.5) is 11.6 Å². The summed E-state index contributed by atoms with van der Waals surface area (Å²) in [6.07, 6.45) is 1.75. The van der Waals surface area contributed by atoms with Gasteiger partial charge in [-0.3, -0.25) is 10.8 Å². The van der Waals surface area contributed by atoms with E-state index in [4.69, 9.17) is 14.9 Å². The van der Waals surface area contributed by atoms with Crippen molar-refractivity contribution >= 4 is 23.8 Å². The molecular formula is C21H30N8O2. The van der Waals surface area contributed by atoms with Crippen molar-refractivity contribution in [3.05, 3.63) is 41.5 Å². The van der Waals surface area contributed by atoms with E-state index in [1.54, 1.807) is 25.2 Å². The largest absolute Gasteiger partial charge is 0.461 e. The van der Waals surface area contributed by atoms with Crippen molar-refractivity contribution in [3.63, 3.8) is 0 Å². The Morgan fingerprint density at radius 3 is 2.84 bits per heavy atom. The minimum absolute atomic E-state index is 0.260. The zero-order valence-electron chi connectivity index (χ0n) is 18.3. The molecule has 0 amide bonds. The highest BCUT2D eigenvalue weighted by Crippen LogP contribution is 2.20. The lowest BCUT2D eigenvalue weighted by molar-refractivity contribution is 0.122. The minimum Gasteiger partial charge on any atom is -0.461 e. The maximum Gasteiger partial charge on any atom is 0.320 e. The number of benzene rings is 1. The normalized spacial score (nSPS) is 13.8. The number of hydrogen-bond donors (Lipinski definition) is 3. The first-order valence-electron chi connectivity index (χ1n) is 10.2. The van der Waals surface area contributed by atoms with Crippen LogP contribution in [0.1, 0.15) is 11.1 Å². The fourth-order valence-corrected chi connectivity index (χ4v) is 2.88. The fraction of sp³-hybridized carbons (Fsp3) is 0.429. The second-order valence-electron chi connectivity index (χ2n) is 7.30. The average molecular weight is 427 g/mol. The van der Waals surface area contributed by atoms with E-state index < -0.39 is 0 Å². The summed E-state index contributed by atoms with van der Waals surface area (Å²) in [6, 6.07) is 10.2. The molecule has 166 valence electrons. The van der Waals surface area contributed by atoms with Gasteiger partial charge in [0.25, 0.3) is 0 Å². The molecule has 0 unspecified atom stereocenters. The molecule has 0 bridgehead atoms. The van der Waals surface area contributed by atoms with Gasteiger partial charge in [-0.25, -0.2) is 0 Å². The lowest BCUT2D eigenvalue weighted by Crippen LogP contribution is -2.37. The third-order valence-electron chi connectivity index (χ3n) is 4.53. The Bertz CT molecular complexity index is 897. The zero-order chi connectivity index (χ0) is 22.1. The number of aryl methyl sites for hydroxylation is 1. The van der Waals surface area contributed by atoms with Crippen LogP contribution in [0.25, 0.3) is 0 Å². The number of rotatable bonds is 8. The highest BCUT2D eigenvalue weighted by atomic mass is 16.5. The molecule has 10 heteroatoms. The molecule has 31 heavy (non-hydrogen) atoms. The molecule has 1 aromatic heterocycles. The number of hydrazone groups is 1. The summed E-state index contributed by atoms with van der Waals surface area (Å²) >= 11 is 0. The molecule has 1 fully saturated rings. The molecule has 2 aromatic rings. The van der Waals surface area contributed by atoms with Crippen LogP contribution in [0.5, 0.6) is 6.01 Å². The van der Waals surface area contributed by atoms with Gasteiger partial charge < -0.3 is 24.6 Å². The molecule has 10 nitrogen and oxygen atoms in total. The van der Waals surface area contributed by atoms with E-state index in [1.165, 1.54) is 5.56 Å². The maximum absolute atomic E-state index is 7.77. The lowest BCUT2D eigenvalue weighted by Gasteiger charge is -2.28. The highest BCUT2D eigenvalue weighted by molar-refractivity contribution is 5.80. The molecule has 0 spiro atoms. The van der Waals surface area contributed by atoms with E-state index in [1.807, 2.05) is 31.2 Å². The van der Waals surface area contributed by atoms with Gasteiger partial charge in [0.15, 0.2) is 11.8 Å². The fourth-order valence-electron chi connectivity index (χ4n) is 2.88. The molecule has 2 heterocycles. The van der Waals surface area contributed by atoms with Gasteiger partial charge in [0.1, 0.15) is 12.4 Å². The van der Waals surface area contributed by atoms with E-state index in [2.05, 4.69) is 36.8 Å². The Hall–Kier alpha value is -3.40. The monoisotopic (exact) mass is 426 g/mol.